The zero-order valence-corrected chi connectivity index (χ0v) is 7.19. The third-order valence-corrected chi connectivity index (χ3v) is 1.98. The normalized spacial score (nSPS) is 22.6. The number of hydrogen-bond acceptors (Lipinski definition) is 4. The highest BCUT2D eigenvalue weighted by molar-refractivity contribution is 7.77. The summed E-state index contributed by atoms with van der Waals surface area (Å²) in [5.74, 6) is 0. The van der Waals surface area contributed by atoms with Gasteiger partial charge in [-0.1, -0.05) is 47.6 Å². The fourth-order valence-corrected chi connectivity index (χ4v) is 1.32. The van der Waals surface area contributed by atoms with Gasteiger partial charge in [0.15, 0.2) is 12.6 Å². The van der Waals surface area contributed by atoms with Crippen LogP contribution in [0.15, 0.2) is 35.3 Å². The summed E-state index contributed by atoms with van der Waals surface area (Å²) in [5.41, 5.74) is 1.07. The molecule has 0 saturated carbocycles. The summed E-state index contributed by atoms with van der Waals surface area (Å²) < 4.78 is 1.41. The van der Waals surface area contributed by atoms with Crippen LogP contribution in [0.1, 0.15) is 11.7 Å². The fraction of sp³-hybridized carbons (Fsp3) is 0.125. The van der Waals surface area contributed by atoms with E-state index < -0.39 is 0 Å². The number of hydroxylamine groups is 1. The SMILES string of the molecule is SN1OC=NC1c1ccccc1. The van der Waals surface area contributed by atoms with Crippen LogP contribution in [-0.2, 0) is 4.84 Å². The Balaban J connectivity index is 2.25. The second kappa shape index (κ2) is 3.16. The lowest BCUT2D eigenvalue weighted by Gasteiger charge is -2.13. The molecule has 0 radical (unpaired) electrons. The molecule has 0 N–H and O–H groups in total. The van der Waals surface area contributed by atoms with Crippen molar-refractivity contribution < 1.29 is 4.84 Å². The van der Waals surface area contributed by atoms with Crippen LogP contribution in [-0.4, -0.2) is 10.9 Å². The van der Waals surface area contributed by atoms with Gasteiger partial charge in [0.1, 0.15) is 0 Å². The Bertz CT molecular complexity index is 288. The monoisotopic (exact) mass is 180 g/mol. The van der Waals surface area contributed by atoms with E-state index in [1.54, 1.807) is 0 Å². The molecule has 0 aliphatic carbocycles. The van der Waals surface area contributed by atoms with E-state index in [0.29, 0.717) is 0 Å². The standard InChI is InChI=1S/C8H8N2OS/c12-10-8(9-6-11-10)7-4-2-1-3-5-7/h1-6,8,12H. The Morgan fingerprint density at radius 2 is 2.08 bits per heavy atom. The molecule has 1 aliphatic heterocycles. The van der Waals surface area contributed by atoms with Gasteiger partial charge in [0.25, 0.3) is 0 Å². The topological polar surface area (TPSA) is 24.8 Å². The molecular formula is C8H8N2OS. The van der Waals surface area contributed by atoms with E-state index in [2.05, 4.69) is 17.8 Å². The first-order valence-corrected chi connectivity index (χ1v) is 3.99. The highest BCUT2D eigenvalue weighted by atomic mass is 32.1. The Morgan fingerprint density at radius 3 is 2.67 bits per heavy atom. The van der Waals surface area contributed by atoms with Crippen molar-refractivity contribution in [3.63, 3.8) is 0 Å². The van der Waals surface area contributed by atoms with Crippen LogP contribution in [0.2, 0.25) is 0 Å². The lowest BCUT2D eigenvalue weighted by Crippen LogP contribution is -2.10. The summed E-state index contributed by atoms with van der Waals surface area (Å²) in [4.78, 5) is 9.01. The molecule has 0 fully saturated rings. The van der Waals surface area contributed by atoms with E-state index >= 15 is 0 Å². The van der Waals surface area contributed by atoms with Gasteiger partial charge in [0.05, 0.1) is 0 Å². The molecule has 0 spiro atoms. The first-order chi connectivity index (χ1) is 5.88. The first kappa shape index (κ1) is 7.64. The fourth-order valence-electron chi connectivity index (χ4n) is 1.09. The van der Waals surface area contributed by atoms with Crippen molar-refractivity contribution in [1.29, 1.82) is 0 Å². The predicted octanol–water partition coefficient (Wildman–Crippen LogP) is 1.81. The zero-order valence-electron chi connectivity index (χ0n) is 6.29. The van der Waals surface area contributed by atoms with Crippen molar-refractivity contribution in [2.75, 3.05) is 0 Å². The van der Waals surface area contributed by atoms with Crippen molar-refractivity contribution in [1.82, 2.24) is 4.47 Å². The van der Waals surface area contributed by atoms with Crippen molar-refractivity contribution >= 4 is 19.2 Å². The predicted molar refractivity (Wildman–Crippen MR) is 49.6 cm³/mol. The van der Waals surface area contributed by atoms with E-state index in [4.69, 9.17) is 4.84 Å². The van der Waals surface area contributed by atoms with Crippen molar-refractivity contribution in [3.05, 3.63) is 35.9 Å². The van der Waals surface area contributed by atoms with E-state index in [1.165, 1.54) is 10.9 Å². The minimum atomic E-state index is -0.116. The molecule has 1 aromatic carbocycles. The smallest absolute Gasteiger partial charge is 0.200 e. The van der Waals surface area contributed by atoms with Crippen LogP contribution in [0.3, 0.4) is 0 Å². The second-order valence-electron chi connectivity index (χ2n) is 2.45. The van der Waals surface area contributed by atoms with Gasteiger partial charge < -0.3 is 4.84 Å². The van der Waals surface area contributed by atoms with E-state index in [0.717, 1.165) is 5.56 Å². The maximum atomic E-state index is 4.93. The number of benzene rings is 1. The molecule has 1 heterocycles. The summed E-state index contributed by atoms with van der Waals surface area (Å²) in [7, 11) is 0. The molecule has 1 aliphatic rings. The molecule has 1 aromatic rings. The molecule has 1 unspecified atom stereocenters. The molecule has 1 atom stereocenters. The van der Waals surface area contributed by atoms with E-state index in [9.17, 15) is 0 Å². The molecule has 62 valence electrons. The van der Waals surface area contributed by atoms with Gasteiger partial charge in [-0.05, 0) is 5.56 Å². The van der Waals surface area contributed by atoms with Crippen LogP contribution in [0.5, 0.6) is 0 Å². The third kappa shape index (κ3) is 1.31. The van der Waals surface area contributed by atoms with Gasteiger partial charge in [-0.2, -0.15) is 0 Å². The molecule has 0 bridgehead atoms. The van der Waals surface area contributed by atoms with Crippen LogP contribution in [0, 0.1) is 0 Å². The maximum absolute atomic E-state index is 4.93. The lowest BCUT2D eigenvalue weighted by molar-refractivity contribution is 0.0352. The average molecular weight is 180 g/mol. The Morgan fingerprint density at radius 1 is 1.33 bits per heavy atom. The Labute approximate surface area is 76.2 Å². The molecule has 0 amide bonds. The third-order valence-electron chi connectivity index (χ3n) is 1.66. The molecule has 0 aromatic heterocycles. The highest BCUT2D eigenvalue weighted by Crippen LogP contribution is 2.26. The first-order valence-electron chi connectivity index (χ1n) is 3.59. The van der Waals surface area contributed by atoms with Crippen LogP contribution in [0.25, 0.3) is 0 Å². The molecule has 12 heavy (non-hydrogen) atoms. The number of hydrogen-bond donors (Lipinski definition) is 1. The van der Waals surface area contributed by atoms with E-state index in [1.807, 2.05) is 30.3 Å². The number of aliphatic imine (C=N–C) groups is 1. The van der Waals surface area contributed by atoms with Gasteiger partial charge >= 0.3 is 0 Å². The van der Waals surface area contributed by atoms with Crippen molar-refractivity contribution in [2.24, 2.45) is 4.99 Å². The average Bonchev–Trinajstić information content (AvgIpc) is 2.53. The van der Waals surface area contributed by atoms with Gasteiger partial charge in [-0.15, -0.1) is 0 Å². The summed E-state index contributed by atoms with van der Waals surface area (Å²) in [6, 6.07) is 9.86. The van der Waals surface area contributed by atoms with Crippen LogP contribution < -0.4 is 0 Å². The van der Waals surface area contributed by atoms with Crippen molar-refractivity contribution in [3.8, 4) is 0 Å². The van der Waals surface area contributed by atoms with E-state index in [-0.39, 0.29) is 6.17 Å². The molecule has 4 heteroatoms. The molecular weight excluding hydrogens is 172 g/mol. The Hall–Kier alpha value is -1.00. The van der Waals surface area contributed by atoms with Crippen LogP contribution >= 0.6 is 12.8 Å². The molecule has 0 saturated heterocycles. The molecule has 2 rings (SSSR count). The van der Waals surface area contributed by atoms with Gasteiger partial charge in [0, 0.05) is 0 Å². The minimum Gasteiger partial charge on any atom is -0.381 e. The Kier molecular flexibility index (Phi) is 2.01. The number of thiol groups is 1. The van der Waals surface area contributed by atoms with Gasteiger partial charge in [-0.25, -0.2) is 4.99 Å². The zero-order chi connectivity index (χ0) is 8.39. The molecule has 3 nitrogen and oxygen atoms in total. The highest BCUT2D eigenvalue weighted by Gasteiger charge is 2.21. The largest absolute Gasteiger partial charge is 0.381 e. The summed E-state index contributed by atoms with van der Waals surface area (Å²) in [5, 5.41) is 0. The maximum Gasteiger partial charge on any atom is 0.200 e. The minimum absolute atomic E-state index is 0.116. The van der Waals surface area contributed by atoms with Gasteiger partial charge in [-0.3, -0.25) is 0 Å². The van der Waals surface area contributed by atoms with Crippen molar-refractivity contribution in [2.45, 2.75) is 6.17 Å². The number of nitrogens with zero attached hydrogens (tertiary/aromatic N) is 2. The summed E-state index contributed by atoms with van der Waals surface area (Å²) >= 11 is 4.08. The summed E-state index contributed by atoms with van der Waals surface area (Å²) in [6.07, 6.45) is 1.28. The quantitative estimate of drug-likeness (QED) is 0.667. The van der Waals surface area contributed by atoms with Crippen LogP contribution in [0.4, 0.5) is 0 Å². The number of rotatable bonds is 1. The second-order valence-corrected chi connectivity index (χ2v) is 2.84. The summed E-state index contributed by atoms with van der Waals surface area (Å²) in [6.45, 7) is 0. The van der Waals surface area contributed by atoms with Gasteiger partial charge in [0.2, 0.25) is 0 Å². The lowest BCUT2D eigenvalue weighted by atomic mass is 10.2.